The fraction of sp³-hybridized carbons (Fsp3) is 0.0727. The summed E-state index contributed by atoms with van der Waals surface area (Å²) in [4.78, 5) is 18.2. The Kier molecular flexibility index (Phi) is 7.42. The zero-order valence-corrected chi connectivity index (χ0v) is 33.5. The Bertz CT molecular complexity index is 3140. The quantitative estimate of drug-likeness (QED) is 0.179. The zero-order chi connectivity index (χ0) is 39.3. The molecule has 2 heterocycles. The summed E-state index contributed by atoms with van der Waals surface area (Å²) >= 11 is 1.87. The second-order valence-corrected chi connectivity index (χ2v) is 17.4. The maximum atomic E-state index is 5.31. The van der Waals surface area contributed by atoms with Crippen LogP contribution < -0.4 is 0 Å². The van der Waals surface area contributed by atoms with Crippen molar-refractivity contribution in [3.63, 3.8) is 0 Å². The number of hydrogen-bond acceptors (Lipinski definition) is 4. The largest absolute Gasteiger partial charge is 0.208 e. The minimum Gasteiger partial charge on any atom is -0.208 e. The van der Waals surface area contributed by atoms with Crippen molar-refractivity contribution in [1.82, 2.24) is 15.0 Å². The maximum Gasteiger partial charge on any atom is 0.164 e. The predicted molar refractivity (Wildman–Crippen MR) is 241 cm³/mol. The van der Waals surface area contributed by atoms with Gasteiger partial charge < -0.3 is 0 Å². The van der Waals surface area contributed by atoms with Gasteiger partial charge in [-0.25, -0.2) is 15.0 Å². The molecule has 0 atom stereocenters. The Hall–Kier alpha value is -6.88. The Morgan fingerprint density at radius 1 is 0.322 bits per heavy atom. The summed E-state index contributed by atoms with van der Waals surface area (Å²) in [6, 6.07) is 68.3. The van der Waals surface area contributed by atoms with Crippen molar-refractivity contribution >= 4 is 11.8 Å². The van der Waals surface area contributed by atoms with Crippen LogP contribution in [0, 0.1) is 0 Å². The fourth-order valence-corrected chi connectivity index (χ4v) is 11.4. The molecule has 1 aliphatic heterocycles. The normalized spacial score (nSPS) is 14.5. The summed E-state index contributed by atoms with van der Waals surface area (Å²) in [5.74, 6) is 1.97. The standard InChI is InChI=1S/C55H37N3S/c1-54(2)43-23-11-8-19-38(43)41-30-28-36(32-48(41)54)52-56-51(34-16-4-3-5-17-34)57-53(58-52)42-22-7-6-18-37(42)35-29-31-47-50(33-35)59-49-27-15-14-26-46(49)55(47)44-24-12-9-20-39(44)40-21-10-13-25-45(40)55/h3-33H,1-2H3. The predicted octanol–water partition coefficient (Wildman–Crippen LogP) is 13.7. The Morgan fingerprint density at radius 2 is 0.814 bits per heavy atom. The summed E-state index contributed by atoms with van der Waals surface area (Å²) in [6.07, 6.45) is 0. The van der Waals surface area contributed by atoms with Crippen molar-refractivity contribution < 1.29 is 0 Å². The van der Waals surface area contributed by atoms with Crippen LogP contribution in [0.1, 0.15) is 47.2 Å². The highest BCUT2D eigenvalue weighted by Gasteiger charge is 2.50. The van der Waals surface area contributed by atoms with Crippen LogP contribution in [0.25, 0.3) is 67.5 Å². The second kappa shape index (κ2) is 12.8. The average Bonchev–Trinajstić information content (AvgIpc) is 3.72. The van der Waals surface area contributed by atoms with Gasteiger partial charge in [-0.2, -0.15) is 0 Å². The Morgan fingerprint density at radius 3 is 1.53 bits per heavy atom. The van der Waals surface area contributed by atoms with E-state index in [4.69, 9.17) is 15.0 Å². The molecule has 0 fully saturated rings. The van der Waals surface area contributed by atoms with Crippen molar-refractivity contribution in [1.29, 1.82) is 0 Å². The smallest absolute Gasteiger partial charge is 0.164 e. The lowest BCUT2D eigenvalue weighted by atomic mass is 9.67. The van der Waals surface area contributed by atoms with E-state index >= 15 is 0 Å². The van der Waals surface area contributed by atoms with Crippen molar-refractivity contribution in [3.8, 4) is 67.5 Å². The van der Waals surface area contributed by atoms with E-state index in [0.717, 1.165) is 27.8 Å². The first-order valence-electron chi connectivity index (χ1n) is 20.3. The molecule has 59 heavy (non-hydrogen) atoms. The molecule has 1 aromatic heterocycles. The van der Waals surface area contributed by atoms with E-state index in [1.807, 2.05) is 30.0 Å². The van der Waals surface area contributed by atoms with Crippen LogP contribution in [0.3, 0.4) is 0 Å². The van der Waals surface area contributed by atoms with Gasteiger partial charge in [-0.15, -0.1) is 0 Å². The van der Waals surface area contributed by atoms with E-state index < -0.39 is 5.41 Å². The van der Waals surface area contributed by atoms with E-state index in [9.17, 15) is 0 Å². The highest BCUT2D eigenvalue weighted by atomic mass is 32.2. The van der Waals surface area contributed by atoms with E-state index in [-0.39, 0.29) is 5.41 Å². The molecule has 0 N–H and O–H groups in total. The topological polar surface area (TPSA) is 38.7 Å². The monoisotopic (exact) mass is 771 g/mol. The molecule has 0 amide bonds. The van der Waals surface area contributed by atoms with Gasteiger partial charge >= 0.3 is 0 Å². The van der Waals surface area contributed by atoms with Gasteiger partial charge in [-0.1, -0.05) is 195 Å². The number of rotatable bonds is 4. The molecule has 3 nitrogen and oxygen atoms in total. The van der Waals surface area contributed by atoms with Crippen molar-refractivity contribution in [2.75, 3.05) is 0 Å². The minimum absolute atomic E-state index is 0.140. The van der Waals surface area contributed by atoms with Gasteiger partial charge in [-0.05, 0) is 85.0 Å². The molecule has 0 unspecified atom stereocenters. The molecule has 0 radical (unpaired) electrons. The average molecular weight is 772 g/mol. The van der Waals surface area contributed by atoms with Crippen LogP contribution in [0.15, 0.2) is 198 Å². The first-order chi connectivity index (χ1) is 29.0. The SMILES string of the molecule is CC1(C)c2ccccc2-c2ccc(-c3nc(-c4ccccc4)nc(-c4ccccc4-c4ccc5c(c4)Sc4ccccc4C54c5ccccc5-c5ccccc54)n3)cc21. The molecular weight excluding hydrogens is 735 g/mol. The number of benzene rings is 8. The van der Waals surface area contributed by atoms with Crippen LogP contribution in [0.2, 0.25) is 0 Å². The van der Waals surface area contributed by atoms with Crippen LogP contribution in [0.4, 0.5) is 0 Å². The van der Waals surface area contributed by atoms with Gasteiger partial charge in [0, 0.05) is 31.9 Å². The number of aromatic nitrogens is 3. The molecule has 0 bridgehead atoms. The molecule has 1 spiro atoms. The number of nitrogens with zero attached hydrogens (tertiary/aromatic N) is 3. The third kappa shape index (κ3) is 4.93. The highest BCUT2D eigenvalue weighted by molar-refractivity contribution is 7.99. The lowest BCUT2D eigenvalue weighted by Crippen LogP contribution is -2.31. The van der Waals surface area contributed by atoms with Crippen LogP contribution in [-0.2, 0) is 10.8 Å². The van der Waals surface area contributed by atoms with Gasteiger partial charge in [-0.3, -0.25) is 0 Å². The first-order valence-corrected chi connectivity index (χ1v) is 21.1. The molecule has 9 aromatic rings. The molecule has 3 aliphatic rings. The van der Waals surface area contributed by atoms with E-state index in [1.165, 1.54) is 65.4 Å². The molecule has 0 saturated heterocycles. The molecule has 4 heteroatoms. The van der Waals surface area contributed by atoms with Crippen LogP contribution in [0.5, 0.6) is 0 Å². The summed E-state index contributed by atoms with van der Waals surface area (Å²) in [5.41, 5.74) is 17.7. The van der Waals surface area contributed by atoms with Crippen molar-refractivity contribution in [3.05, 3.63) is 221 Å². The molecule has 0 saturated carbocycles. The second-order valence-electron chi connectivity index (χ2n) is 16.3. The molecular formula is C55H37N3S. The minimum atomic E-state index is -0.415. The summed E-state index contributed by atoms with van der Waals surface area (Å²) < 4.78 is 0. The van der Waals surface area contributed by atoms with Gasteiger partial charge in [0.25, 0.3) is 0 Å². The summed E-state index contributed by atoms with van der Waals surface area (Å²) in [7, 11) is 0. The van der Waals surface area contributed by atoms with Gasteiger partial charge in [0.15, 0.2) is 17.5 Å². The third-order valence-corrected chi connectivity index (χ3v) is 14.0. The van der Waals surface area contributed by atoms with Crippen molar-refractivity contribution in [2.45, 2.75) is 34.5 Å². The summed E-state index contributed by atoms with van der Waals surface area (Å²) in [5, 5.41) is 0. The molecule has 2 aliphatic carbocycles. The number of hydrogen-bond donors (Lipinski definition) is 0. The Balaban J connectivity index is 1.03. The maximum absolute atomic E-state index is 5.31. The zero-order valence-electron chi connectivity index (χ0n) is 32.6. The van der Waals surface area contributed by atoms with E-state index in [2.05, 4.69) is 184 Å². The fourth-order valence-electron chi connectivity index (χ4n) is 10.1. The first kappa shape index (κ1) is 34.2. The lowest BCUT2D eigenvalue weighted by molar-refractivity contribution is 0.660. The van der Waals surface area contributed by atoms with Gasteiger partial charge in [0.2, 0.25) is 0 Å². The third-order valence-electron chi connectivity index (χ3n) is 12.8. The highest BCUT2D eigenvalue weighted by Crippen LogP contribution is 2.62. The summed E-state index contributed by atoms with van der Waals surface area (Å²) in [6.45, 7) is 4.63. The Labute approximate surface area is 348 Å². The van der Waals surface area contributed by atoms with Crippen molar-refractivity contribution in [2.24, 2.45) is 0 Å². The van der Waals surface area contributed by atoms with Gasteiger partial charge in [0.1, 0.15) is 0 Å². The van der Waals surface area contributed by atoms with Gasteiger partial charge in [0.05, 0.1) is 5.41 Å². The number of fused-ring (bicyclic) bond motifs is 12. The van der Waals surface area contributed by atoms with Crippen LogP contribution in [-0.4, -0.2) is 15.0 Å². The van der Waals surface area contributed by atoms with E-state index in [0.29, 0.717) is 17.5 Å². The van der Waals surface area contributed by atoms with E-state index in [1.54, 1.807) is 0 Å². The molecule has 12 rings (SSSR count). The van der Waals surface area contributed by atoms with Crippen LogP contribution >= 0.6 is 11.8 Å². The lowest BCUT2D eigenvalue weighted by Gasteiger charge is -2.39. The molecule has 8 aromatic carbocycles. The molecule has 278 valence electrons.